The predicted molar refractivity (Wildman–Crippen MR) is 69.7 cm³/mol. The minimum Gasteiger partial charge on any atom is -0.301 e. The van der Waals surface area contributed by atoms with Crippen LogP contribution in [0.2, 0.25) is 0 Å². The van der Waals surface area contributed by atoms with Crippen LogP contribution in [0.15, 0.2) is 0 Å². The van der Waals surface area contributed by atoms with E-state index in [9.17, 15) is 0 Å². The first-order chi connectivity index (χ1) is 7.83. The molecule has 94 valence electrons. The highest BCUT2D eigenvalue weighted by Crippen LogP contribution is 2.22. The summed E-state index contributed by atoms with van der Waals surface area (Å²) in [5.74, 6) is 0.924. The van der Waals surface area contributed by atoms with E-state index in [-0.39, 0.29) is 0 Å². The van der Waals surface area contributed by atoms with Gasteiger partial charge in [-0.05, 0) is 44.8 Å². The Hall–Kier alpha value is -0.0800. The molecule has 0 aromatic carbocycles. The molecule has 0 amide bonds. The molecule has 1 unspecified atom stereocenters. The van der Waals surface area contributed by atoms with Crippen LogP contribution in [-0.4, -0.2) is 48.6 Å². The van der Waals surface area contributed by atoms with Gasteiger partial charge in [-0.2, -0.15) is 0 Å². The van der Waals surface area contributed by atoms with Crippen molar-refractivity contribution in [3.8, 4) is 0 Å². The van der Waals surface area contributed by atoms with Crippen LogP contribution >= 0.6 is 0 Å². The minimum atomic E-state index is 0.886. The zero-order valence-electron chi connectivity index (χ0n) is 11.1. The molecule has 16 heavy (non-hydrogen) atoms. The standard InChI is InChI=1S/C14H28N2/c1-3-13(4-2)11-15-8-6-10-16-9-5-7-14(16)12-15/h13-14H,3-12H2,1-2H3. The average Bonchev–Trinajstić information content (AvgIpc) is 2.65. The van der Waals surface area contributed by atoms with Crippen LogP contribution in [0.1, 0.15) is 46.0 Å². The topological polar surface area (TPSA) is 6.48 Å². The van der Waals surface area contributed by atoms with Crippen molar-refractivity contribution in [2.75, 3.05) is 32.7 Å². The predicted octanol–water partition coefficient (Wildman–Crippen LogP) is 2.59. The third-order valence-electron chi connectivity index (χ3n) is 4.56. The second-order valence-electron chi connectivity index (χ2n) is 5.63. The number of nitrogens with zero attached hydrogens (tertiary/aromatic N) is 2. The normalized spacial score (nSPS) is 28.3. The van der Waals surface area contributed by atoms with Gasteiger partial charge in [0.25, 0.3) is 0 Å². The highest BCUT2D eigenvalue weighted by Gasteiger charge is 2.28. The maximum Gasteiger partial charge on any atom is 0.0223 e. The minimum absolute atomic E-state index is 0.886. The van der Waals surface area contributed by atoms with Crippen LogP contribution in [0, 0.1) is 5.92 Å². The lowest BCUT2D eigenvalue weighted by molar-refractivity contribution is 0.194. The molecule has 2 rings (SSSR count). The summed E-state index contributed by atoms with van der Waals surface area (Å²) < 4.78 is 0. The van der Waals surface area contributed by atoms with Gasteiger partial charge in [-0.3, -0.25) is 4.90 Å². The van der Waals surface area contributed by atoms with Crippen molar-refractivity contribution < 1.29 is 0 Å². The van der Waals surface area contributed by atoms with E-state index in [1.807, 2.05) is 0 Å². The average molecular weight is 224 g/mol. The van der Waals surface area contributed by atoms with E-state index < -0.39 is 0 Å². The van der Waals surface area contributed by atoms with E-state index >= 15 is 0 Å². The van der Waals surface area contributed by atoms with Gasteiger partial charge >= 0.3 is 0 Å². The third kappa shape index (κ3) is 2.98. The second kappa shape index (κ2) is 6.02. The largest absolute Gasteiger partial charge is 0.301 e. The number of fused-ring (bicyclic) bond motifs is 1. The second-order valence-corrected chi connectivity index (χ2v) is 5.63. The molecule has 2 aliphatic rings. The molecule has 2 fully saturated rings. The molecule has 0 spiro atoms. The van der Waals surface area contributed by atoms with Gasteiger partial charge in [0.05, 0.1) is 0 Å². The van der Waals surface area contributed by atoms with Gasteiger partial charge in [-0.25, -0.2) is 0 Å². The Balaban J connectivity index is 1.85. The molecule has 2 aliphatic heterocycles. The van der Waals surface area contributed by atoms with E-state index in [0.717, 1.165) is 12.0 Å². The molecule has 0 N–H and O–H groups in total. The first-order valence-electron chi connectivity index (χ1n) is 7.29. The molecular formula is C14H28N2. The van der Waals surface area contributed by atoms with E-state index in [4.69, 9.17) is 0 Å². The number of hydrogen-bond donors (Lipinski definition) is 0. The Morgan fingerprint density at radius 3 is 2.56 bits per heavy atom. The summed E-state index contributed by atoms with van der Waals surface area (Å²) in [6.07, 6.45) is 6.96. The van der Waals surface area contributed by atoms with Crippen LogP contribution in [0.5, 0.6) is 0 Å². The van der Waals surface area contributed by atoms with Crippen LogP contribution in [-0.2, 0) is 0 Å². The van der Waals surface area contributed by atoms with Gasteiger partial charge in [0.15, 0.2) is 0 Å². The molecule has 2 saturated heterocycles. The third-order valence-corrected chi connectivity index (χ3v) is 4.56. The van der Waals surface area contributed by atoms with E-state index in [1.165, 1.54) is 64.8 Å². The van der Waals surface area contributed by atoms with Gasteiger partial charge in [-0.15, -0.1) is 0 Å². The smallest absolute Gasteiger partial charge is 0.0223 e. The molecule has 0 aromatic heterocycles. The molecule has 0 aliphatic carbocycles. The fourth-order valence-corrected chi connectivity index (χ4v) is 3.36. The van der Waals surface area contributed by atoms with Crippen molar-refractivity contribution in [2.24, 2.45) is 5.92 Å². The molecule has 2 heterocycles. The lowest BCUT2D eigenvalue weighted by Gasteiger charge is -2.28. The monoisotopic (exact) mass is 224 g/mol. The lowest BCUT2D eigenvalue weighted by Crippen LogP contribution is -2.38. The quantitative estimate of drug-likeness (QED) is 0.724. The molecule has 2 heteroatoms. The van der Waals surface area contributed by atoms with Crippen molar-refractivity contribution in [3.63, 3.8) is 0 Å². The van der Waals surface area contributed by atoms with E-state index in [0.29, 0.717) is 0 Å². The zero-order valence-corrected chi connectivity index (χ0v) is 11.1. The fourth-order valence-electron chi connectivity index (χ4n) is 3.36. The van der Waals surface area contributed by atoms with Crippen molar-refractivity contribution >= 4 is 0 Å². The summed E-state index contributed by atoms with van der Waals surface area (Å²) in [6.45, 7) is 11.4. The molecule has 0 aromatic rings. The Labute approximate surface area is 101 Å². The van der Waals surface area contributed by atoms with Gasteiger partial charge in [0.1, 0.15) is 0 Å². The molecule has 0 bridgehead atoms. The van der Waals surface area contributed by atoms with Crippen LogP contribution in [0.3, 0.4) is 0 Å². The van der Waals surface area contributed by atoms with E-state index in [1.54, 1.807) is 0 Å². The van der Waals surface area contributed by atoms with Crippen molar-refractivity contribution in [3.05, 3.63) is 0 Å². The highest BCUT2D eigenvalue weighted by molar-refractivity contribution is 4.85. The first-order valence-corrected chi connectivity index (χ1v) is 7.29. The Morgan fingerprint density at radius 1 is 1.06 bits per heavy atom. The van der Waals surface area contributed by atoms with Gasteiger partial charge in [0.2, 0.25) is 0 Å². The highest BCUT2D eigenvalue weighted by atomic mass is 15.3. The maximum absolute atomic E-state index is 2.74. The summed E-state index contributed by atoms with van der Waals surface area (Å²) >= 11 is 0. The molecular weight excluding hydrogens is 196 g/mol. The van der Waals surface area contributed by atoms with Crippen LogP contribution in [0.4, 0.5) is 0 Å². The van der Waals surface area contributed by atoms with Crippen molar-refractivity contribution in [2.45, 2.75) is 52.0 Å². The molecule has 0 saturated carbocycles. The number of rotatable bonds is 4. The molecule has 1 atom stereocenters. The Kier molecular flexibility index (Phi) is 4.66. The Morgan fingerprint density at radius 2 is 1.81 bits per heavy atom. The van der Waals surface area contributed by atoms with Gasteiger partial charge in [-0.1, -0.05) is 26.7 Å². The summed E-state index contributed by atoms with van der Waals surface area (Å²) in [6, 6.07) is 0.886. The lowest BCUT2D eigenvalue weighted by atomic mass is 10.0. The van der Waals surface area contributed by atoms with Crippen LogP contribution in [0.25, 0.3) is 0 Å². The first kappa shape index (κ1) is 12.4. The molecule has 0 radical (unpaired) electrons. The van der Waals surface area contributed by atoms with Gasteiger partial charge < -0.3 is 4.90 Å². The SMILES string of the molecule is CCC(CC)CN1CCCN2CCCC2C1. The van der Waals surface area contributed by atoms with Crippen molar-refractivity contribution in [1.82, 2.24) is 9.80 Å². The van der Waals surface area contributed by atoms with E-state index in [2.05, 4.69) is 23.6 Å². The summed E-state index contributed by atoms with van der Waals surface area (Å²) in [5.41, 5.74) is 0. The summed E-state index contributed by atoms with van der Waals surface area (Å²) in [5, 5.41) is 0. The van der Waals surface area contributed by atoms with Gasteiger partial charge in [0, 0.05) is 19.1 Å². The summed E-state index contributed by atoms with van der Waals surface area (Å²) in [4.78, 5) is 5.47. The fraction of sp³-hybridized carbons (Fsp3) is 1.00. The van der Waals surface area contributed by atoms with Crippen LogP contribution < -0.4 is 0 Å². The molecule has 2 nitrogen and oxygen atoms in total. The van der Waals surface area contributed by atoms with Crippen molar-refractivity contribution in [1.29, 1.82) is 0 Å². The maximum atomic E-state index is 2.74. The zero-order chi connectivity index (χ0) is 11.4. The Bertz CT molecular complexity index is 201. The summed E-state index contributed by atoms with van der Waals surface area (Å²) in [7, 11) is 0. The number of hydrogen-bond acceptors (Lipinski definition) is 2.